The van der Waals surface area contributed by atoms with Crippen LogP contribution in [0, 0.1) is 11.6 Å². The van der Waals surface area contributed by atoms with Crippen molar-refractivity contribution in [1.82, 2.24) is 5.16 Å². The van der Waals surface area contributed by atoms with Gasteiger partial charge in [0.25, 0.3) is 0 Å². The van der Waals surface area contributed by atoms with Gasteiger partial charge in [0.1, 0.15) is 17.3 Å². The Hall–Kier alpha value is -3.75. The molecule has 2 amide bonds. The lowest BCUT2D eigenvalue weighted by molar-refractivity contribution is 0.0479. The van der Waals surface area contributed by atoms with Crippen molar-refractivity contribution in [3.8, 4) is 11.3 Å². The molecular formula is C19H15F2N3O4. The summed E-state index contributed by atoms with van der Waals surface area (Å²) in [7, 11) is 0. The quantitative estimate of drug-likeness (QED) is 0.631. The van der Waals surface area contributed by atoms with Crippen LogP contribution in [0.2, 0.25) is 0 Å². The molecule has 0 unspecified atom stereocenters. The van der Waals surface area contributed by atoms with Crippen LogP contribution >= 0.6 is 0 Å². The molecule has 9 heteroatoms. The van der Waals surface area contributed by atoms with Crippen LogP contribution in [0.25, 0.3) is 11.3 Å². The van der Waals surface area contributed by atoms with E-state index in [9.17, 15) is 18.4 Å². The highest BCUT2D eigenvalue weighted by molar-refractivity contribution is 6.00. The van der Waals surface area contributed by atoms with E-state index < -0.39 is 23.6 Å². The van der Waals surface area contributed by atoms with Crippen LogP contribution in [0.4, 0.5) is 25.0 Å². The molecule has 0 aliphatic rings. The number of rotatable bonds is 5. The monoisotopic (exact) mass is 387 g/mol. The number of amides is 2. The summed E-state index contributed by atoms with van der Waals surface area (Å²) in [5.41, 5.74) is 0.869. The summed E-state index contributed by atoms with van der Waals surface area (Å²) in [6, 6.07) is 9.75. The van der Waals surface area contributed by atoms with Crippen molar-refractivity contribution in [2.45, 2.75) is 6.92 Å². The van der Waals surface area contributed by atoms with Crippen molar-refractivity contribution < 1.29 is 27.6 Å². The first-order chi connectivity index (χ1) is 13.5. The zero-order chi connectivity index (χ0) is 20.1. The molecule has 0 saturated carbocycles. The molecule has 0 bridgehead atoms. The molecule has 7 nitrogen and oxygen atoms in total. The number of nitrogens with zero attached hydrogens (tertiary/aromatic N) is 1. The van der Waals surface area contributed by atoms with Gasteiger partial charge in [-0.3, -0.25) is 0 Å². The third-order valence-electron chi connectivity index (χ3n) is 3.60. The third kappa shape index (κ3) is 4.50. The molecule has 28 heavy (non-hydrogen) atoms. The highest BCUT2D eigenvalue weighted by Crippen LogP contribution is 2.24. The van der Waals surface area contributed by atoms with Crippen LogP contribution < -0.4 is 10.6 Å². The lowest BCUT2D eigenvalue weighted by Crippen LogP contribution is -2.20. The van der Waals surface area contributed by atoms with Crippen molar-refractivity contribution in [1.29, 1.82) is 0 Å². The number of aromatic nitrogens is 1. The normalized spacial score (nSPS) is 10.4. The molecule has 0 saturated heterocycles. The maximum atomic E-state index is 14.3. The van der Waals surface area contributed by atoms with Crippen LogP contribution in [-0.4, -0.2) is 23.8 Å². The molecule has 0 fully saturated rings. The van der Waals surface area contributed by atoms with E-state index >= 15 is 0 Å². The molecule has 1 aromatic heterocycles. The number of hydrogen-bond donors (Lipinski definition) is 2. The van der Waals surface area contributed by atoms with E-state index in [1.807, 2.05) is 0 Å². The lowest BCUT2D eigenvalue weighted by Gasteiger charge is -2.09. The van der Waals surface area contributed by atoms with E-state index in [4.69, 9.17) is 9.26 Å². The Kier molecular flexibility index (Phi) is 5.64. The van der Waals surface area contributed by atoms with Crippen LogP contribution in [0.3, 0.4) is 0 Å². The number of halogens is 2. The fourth-order valence-electron chi connectivity index (χ4n) is 2.30. The predicted octanol–water partition coefficient (Wildman–Crippen LogP) is 4.44. The second kappa shape index (κ2) is 8.30. The van der Waals surface area contributed by atoms with Gasteiger partial charge in [-0.1, -0.05) is 11.2 Å². The van der Waals surface area contributed by atoms with Gasteiger partial charge in [-0.05, 0) is 43.3 Å². The van der Waals surface area contributed by atoms with E-state index in [-0.39, 0.29) is 23.7 Å². The second-order valence-electron chi connectivity index (χ2n) is 5.58. The Morgan fingerprint density at radius 1 is 1.07 bits per heavy atom. The molecule has 1 heterocycles. The third-order valence-corrected chi connectivity index (χ3v) is 3.60. The zero-order valence-corrected chi connectivity index (χ0v) is 14.7. The average Bonchev–Trinajstić information content (AvgIpc) is 3.16. The number of carbonyl (C=O) groups is 2. The minimum absolute atomic E-state index is 0.0718. The Bertz CT molecular complexity index is 1000. The summed E-state index contributed by atoms with van der Waals surface area (Å²) in [4.78, 5) is 23.5. The van der Waals surface area contributed by atoms with Gasteiger partial charge in [0, 0.05) is 17.3 Å². The Balaban J connectivity index is 1.69. The maximum Gasteiger partial charge on any atom is 0.377 e. The second-order valence-corrected chi connectivity index (χ2v) is 5.58. The minimum atomic E-state index is -0.715. The van der Waals surface area contributed by atoms with Gasteiger partial charge < -0.3 is 19.9 Å². The Morgan fingerprint density at radius 2 is 1.82 bits per heavy atom. The van der Waals surface area contributed by atoms with Crippen LogP contribution in [0.5, 0.6) is 0 Å². The number of hydrogen-bond acceptors (Lipinski definition) is 5. The summed E-state index contributed by atoms with van der Waals surface area (Å²) in [6.45, 7) is 1.84. The number of urea groups is 1. The SMILES string of the molecule is CCOC(=O)c1cc(-c2ccc(NC(=O)Nc3ccc(F)cc3)c(F)c2)no1. The van der Waals surface area contributed by atoms with Crippen molar-refractivity contribution in [2.75, 3.05) is 17.2 Å². The van der Waals surface area contributed by atoms with Gasteiger partial charge in [-0.15, -0.1) is 0 Å². The van der Waals surface area contributed by atoms with Gasteiger partial charge in [-0.2, -0.15) is 0 Å². The van der Waals surface area contributed by atoms with Crippen molar-refractivity contribution in [2.24, 2.45) is 0 Å². The van der Waals surface area contributed by atoms with Crippen molar-refractivity contribution in [3.05, 3.63) is 65.9 Å². The fourth-order valence-corrected chi connectivity index (χ4v) is 2.30. The minimum Gasteiger partial charge on any atom is -0.460 e. The van der Waals surface area contributed by atoms with Gasteiger partial charge in [0.2, 0.25) is 5.76 Å². The summed E-state index contributed by atoms with van der Waals surface area (Å²) in [5, 5.41) is 8.52. The van der Waals surface area contributed by atoms with Crippen molar-refractivity contribution >= 4 is 23.4 Å². The number of esters is 1. The Morgan fingerprint density at radius 3 is 2.50 bits per heavy atom. The molecule has 0 atom stereocenters. The number of anilines is 2. The van der Waals surface area contributed by atoms with Crippen LogP contribution in [0.15, 0.2) is 53.1 Å². The number of carbonyl (C=O) groups excluding carboxylic acids is 2. The van der Waals surface area contributed by atoms with Gasteiger partial charge in [0.15, 0.2) is 0 Å². The standard InChI is InChI=1S/C19H15F2N3O4/c1-2-27-18(25)17-10-16(24-28-17)11-3-8-15(14(21)9-11)23-19(26)22-13-6-4-12(20)5-7-13/h3-10H,2H2,1H3,(H2,22,23,26). The molecule has 0 aliphatic carbocycles. The molecule has 2 N–H and O–H groups in total. The lowest BCUT2D eigenvalue weighted by atomic mass is 10.1. The molecule has 144 valence electrons. The maximum absolute atomic E-state index is 14.3. The smallest absolute Gasteiger partial charge is 0.377 e. The predicted molar refractivity (Wildman–Crippen MR) is 96.9 cm³/mol. The number of nitrogens with one attached hydrogen (secondary N) is 2. The topological polar surface area (TPSA) is 93.5 Å². The van der Waals surface area contributed by atoms with Crippen LogP contribution in [0.1, 0.15) is 17.5 Å². The van der Waals surface area contributed by atoms with E-state index in [2.05, 4.69) is 15.8 Å². The summed E-state index contributed by atoms with van der Waals surface area (Å²) < 4.78 is 36.9. The average molecular weight is 387 g/mol. The van der Waals surface area contributed by atoms with Gasteiger partial charge >= 0.3 is 12.0 Å². The molecule has 0 spiro atoms. The number of ether oxygens (including phenoxy) is 1. The van der Waals surface area contributed by atoms with Crippen LogP contribution in [-0.2, 0) is 4.74 Å². The molecule has 0 radical (unpaired) electrons. The summed E-state index contributed by atoms with van der Waals surface area (Å²) in [5.74, 6) is -1.92. The van der Waals surface area contributed by atoms with Gasteiger partial charge in [-0.25, -0.2) is 18.4 Å². The Labute approximate surface area is 158 Å². The first kappa shape index (κ1) is 19.0. The summed E-state index contributed by atoms with van der Waals surface area (Å²) in [6.07, 6.45) is 0. The fraction of sp³-hybridized carbons (Fsp3) is 0.105. The zero-order valence-electron chi connectivity index (χ0n) is 14.7. The van der Waals surface area contributed by atoms with E-state index in [0.717, 1.165) is 6.07 Å². The van der Waals surface area contributed by atoms with Crippen molar-refractivity contribution in [3.63, 3.8) is 0 Å². The first-order valence-electron chi connectivity index (χ1n) is 8.23. The molecule has 2 aromatic carbocycles. The highest BCUT2D eigenvalue weighted by atomic mass is 19.1. The van der Waals surface area contributed by atoms with E-state index in [0.29, 0.717) is 11.3 Å². The first-order valence-corrected chi connectivity index (χ1v) is 8.23. The molecule has 3 rings (SSSR count). The van der Waals surface area contributed by atoms with Gasteiger partial charge in [0.05, 0.1) is 12.3 Å². The number of benzene rings is 2. The molecule has 0 aliphatic heterocycles. The molecule has 3 aromatic rings. The highest BCUT2D eigenvalue weighted by Gasteiger charge is 2.16. The molecular weight excluding hydrogens is 372 g/mol. The van der Waals surface area contributed by atoms with E-state index in [1.165, 1.54) is 42.5 Å². The van der Waals surface area contributed by atoms with E-state index in [1.54, 1.807) is 6.92 Å². The largest absolute Gasteiger partial charge is 0.460 e. The summed E-state index contributed by atoms with van der Waals surface area (Å²) >= 11 is 0.